The first-order valence-electron chi connectivity index (χ1n) is 5.59. The Bertz CT molecular complexity index is 526. The SMILES string of the molecule is CC(C)c1c(N)nn(C)c1-c1ccc(F)cc1. The van der Waals surface area contributed by atoms with Gasteiger partial charge in [-0.2, -0.15) is 5.10 Å². The number of nitrogens with zero attached hydrogens (tertiary/aromatic N) is 2. The van der Waals surface area contributed by atoms with Crippen molar-refractivity contribution in [2.24, 2.45) is 7.05 Å². The molecule has 1 aromatic carbocycles. The number of aryl methyl sites for hydroxylation is 1. The van der Waals surface area contributed by atoms with Crippen LogP contribution in [-0.2, 0) is 7.05 Å². The summed E-state index contributed by atoms with van der Waals surface area (Å²) in [5, 5.41) is 4.23. The number of hydrogen-bond acceptors (Lipinski definition) is 2. The summed E-state index contributed by atoms with van der Waals surface area (Å²) in [7, 11) is 1.85. The van der Waals surface area contributed by atoms with Crippen molar-refractivity contribution >= 4 is 5.82 Å². The number of nitrogens with two attached hydrogens (primary N) is 1. The zero-order valence-corrected chi connectivity index (χ0v) is 10.2. The summed E-state index contributed by atoms with van der Waals surface area (Å²) in [6, 6.07) is 6.39. The topological polar surface area (TPSA) is 43.8 Å². The highest BCUT2D eigenvalue weighted by atomic mass is 19.1. The Morgan fingerprint density at radius 3 is 2.35 bits per heavy atom. The van der Waals surface area contributed by atoms with E-state index in [0.29, 0.717) is 5.82 Å². The molecule has 2 N–H and O–H groups in total. The lowest BCUT2D eigenvalue weighted by Gasteiger charge is -2.09. The molecule has 2 rings (SSSR count). The van der Waals surface area contributed by atoms with E-state index in [4.69, 9.17) is 5.73 Å². The molecule has 1 heterocycles. The molecule has 0 atom stereocenters. The third-order valence-electron chi connectivity index (χ3n) is 2.81. The van der Waals surface area contributed by atoms with Crippen LogP contribution < -0.4 is 5.73 Å². The number of benzene rings is 1. The first-order chi connectivity index (χ1) is 8.00. The van der Waals surface area contributed by atoms with Crippen LogP contribution in [0.15, 0.2) is 24.3 Å². The molecule has 0 saturated heterocycles. The Kier molecular flexibility index (Phi) is 2.88. The van der Waals surface area contributed by atoms with Gasteiger partial charge in [-0.1, -0.05) is 13.8 Å². The molecule has 0 bridgehead atoms. The highest BCUT2D eigenvalue weighted by molar-refractivity contribution is 5.69. The van der Waals surface area contributed by atoms with Crippen molar-refractivity contribution in [1.29, 1.82) is 0 Å². The molecule has 3 nitrogen and oxygen atoms in total. The van der Waals surface area contributed by atoms with E-state index in [9.17, 15) is 4.39 Å². The van der Waals surface area contributed by atoms with E-state index in [2.05, 4.69) is 18.9 Å². The molecule has 0 amide bonds. The third kappa shape index (κ3) is 2.02. The number of aromatic nitrogens is 2. The molecule has 90 valence electrons. The van der Waals surface area contributed by atoms with E-state index in [-0.39, 0.29) is 11.7 Å². The van der Waals surface area contributed by atoms with Gasteiger partial charge in [-0.15, -0.1) is 0 Å². The predicted molar refractivity (Wildman–Crippen MR) is 67.1 cm³/mol. The first-order valence-corrected chi connectivity index (χ1v) is 5.59. The molecule has 4 heteroatoms. The Balaban J connectivity index is 2.62. The normalized spacial score (nSPS) is 11.1. The highest BCUT2D eigenvalue weighted by Crippen LogP contribution is 2.32. The van der Waals surface area contributed by atoms with Crippen molar-refractivity contribution in [1.82, 2.24) is 9.78 Å². The summed E-state index contributed by atoms with van der Waals surface area (Å²) >= 11 is 0. The molecule has 0 saturated carbocycles. The van der Waals surface area contributed by atoms with Gasteiger partial charge in [-0.3, -0.25) is 4.68 Å². The van der Waals surface area contributed by atoms with Gasteiger partial charge >= 0.3 is 0 Å². The monoisotopic (exact) mass is 233 g/mol. The van der Waals surface area contributed by atoms with Gasteiger partial charge in [0.25, 0.3) is 0 Å². The van der Waals surface area contributed by atoms with E-state index >= 15 is 0 Å². The second kappa shape index (κ2) is 4.20. The summed E-state index contributed by atoms with van der Waals surface area (Å²) in [5.74, 6) is 0.584. The number of hydrogen-bond donors (Lipinski definition) is 1. The van der Waals surface area contributed by atoms with E-state index in [1.54, 1.807) is 16.8 Å². The molecular formula is C13H16FN3. The predicted octanol–water partition coefficient (Wildman–Crippen LogP) is 2.93. The zero-order chi connectivity index (χ0) is 12.6. The molecule has 0 spiro atoms. The van der Waals surface area contributed by atoms with Gasteiger partial charge in [-0.25, -0.2) is 4.39 Å². The van der Waals surface area contributed by atoms with Crippen molar-refractivity contribution in [3.05, 3.63) is 35.6 Å². The van der Waals surface area contributed by atoms with Gasteiger partial charge in [0.1, 0.15) is 11.6 Å². The number of halogens is 1. The quantitative estimate of drug-likeness (QED) is 0.866. The molecule has 0 fully saturated rings. The van der Waals surface area contributed by atoms with Crippen LogP contribution >= 0.6 is 0 Å². The molecule has 17 heavy (non-hydrogen) atoms. The average Bonchev–Trinajstić information content (AvgIpc) is 2.55. The summed E-state index contributed by atoms with van der Waals surface area (Å²) in [6.07, 6.45) is 0. The van der Waals surface area contributed by atoms with Gasteiger partial charge in [0.05, 0.1) is 5.69 Å². The molecule has 0 unspecified atom stereocenters. The molecule has 0 aliphatic carbocycles. The lowest BCUT2D eigenvalue weighted by molar-refractivity contribution is 0.628. The maximum absolute atomic E-state index is 12.9. The Morgan fingerprint density at radius 2 is 1.82 bits per heavy atom. The summed E-state index contributed by atoms with van der Waals surface area (Å²) in [5.41, 5.74) is 8.81. The maximum atomic E-state index is 12.9. The zero-order valence-electron chi connectivity index (χ0n) is 10.2. The standard InChI is InChI=1S/C13H16FN3/c1-8(2)11-12(17(3)16-13(11)15)9-4-6-10(14)7-5-9/h4-8H,1-3H3,(H2,15,16). The van der Waals surface area contributed by atoms with Gasteiger partial charge in [0.2, 0.25) is 0 Å². The van der Waals surface area contributed by atoms with Gasteiger partial charge in [-0.05, 0) is 30.2 Å². The fourth-order valence-electron chi connectivity index (χ4n) is 2.08. The number of anilines is 1. The van der Waals surface area contributed by atoms with Crippen LogP contribution in [0.1, 0.15) is 25.3 Å². The van der Waals surface area contributed by atoms with Crippen molar-refractivity contribution in [2.45, 2.75) is 19.8 Å². The van der Waals surface area contributed by atoms with Crippen LogP contribution in [0.4, 0.5) is 10.2 Å². The maximum Gasteiger partial charge on any atom is 0.149 e. The summed E-state index contributed by atoms with van der Waals surface area (Å²) < 4.78 is 14.7. The molecule has 0 radical (unpaired) electrons. The van der Waals surface area contributed by atoms with Gasteiger partial charge in [0.15, 0.2) is 0 Å². The van der Waals surface area contributed by atoms with Crippen LogP contribution in [0.2, 0.25) is 0 Å². The molecule has 2 aromatic rings. The summed E-state index contributed by atoms with van der Waals surface area (Å²) in [4.78, 5) is 0. The van der Waals surface area contributed by atoms with E-state index < -0.39 is 0 Å². The van der Waals surface area contributed by atoms with Crippen molar-refractivity contribution in [3.63, 3.8) is 0 Å². The average molecular weight is 233 g/mol. The second-order valence-corrected chi connectivity index (χ2v) is 4.43. The second-order valence-electron chi connectivity index (χ2n) is 4.43. The number of nitrogen functional groups attached to an aromatic ring is 1. The van der Waals surface area contributed by atoms with Crippen LogP contribution in [0.3, 0.4) is 0 Å². The Labute approximate surface area is 100 Å². The largest absolute Gasteiger partial charge is 0.382 e. The van der Waals surface area contributed by atoms with E-state index in [1.807, 2.05) is 7.05 Å². The number of rotatable bonds is 2. The highest BCUT2D eigenvalue weighted by Gasteiger charge is 2.18. The van der Waals surface area contributed by atoms with Crippen molar-refractivity contribution in [3.8, 4) is 11.3 Å². The van der Waals surface area contributed by atoms with Crippen LogP contribution in [0.25, 0.3) is 11.3 Å². The molecular weight excluding hydrogens is 217 g/mol. The molecule has 0 aliphatic rings. The third-order valence-corrected chi connectivity index (χ3v) is 2.81. The van der Waals surface area contributed by atoms with Gasteiger partial charge < -0.3 is 5.73 Å². The molecule has 0 aliphatic heterocycles. The Morgan fingerprint density at radius 1 is 1.24 bits per heavy atom. The fourth-order valence-corrected chi connectivity index (χ4v) is 2.08. The smallest absolute Gasteiger partial charge is 0.149 e. The van der Waals surface area contributed by atoms with Gasteiger partial charge in [0, 0.05) is 18.2 Å². The van der Waals surface area contributed by atoms with E-state index in [1.165, 1.54) is 12.1 Å². The molecule has 1 aromatic heterocycles. The van der Waals surface area contributed by atoms with Crippen LogP contribution in [-0.4, -0.2) is 9.78 Å². The minimum atomic E-state index is -0.241. The fraction of sp³-hybridized carbons (Fsp3) is 0.308. The minimum absolute atomic E-state index is 0.241. The van der Waals surface area contributed by atoms with Crippen LogP contribution in [0.5, 0.6) is 0 Å². The first kappa shape index (κ1) is 11.6. The lowest BCUT2D eigenvalue weighted by Crippen LogP contribution is -1.97. The summed E-state index contributed by atoms with van der Waals surface area (Å²) in [6.45, 7) is 4.14. The minimum Gasteiger partial charge on any atom is -0.382 e. The van der Waals surface area contributed by atoms with Crippen LogP contribution in [0, 0.1) is 5.82 Å². The van der Waals surface area contributed by atoms with E-state index in [0.717, 1.165) is 16.8 Å². The van der Waals surface area contributed by atoms with Crippen molar-refractivity contribution < 1.29 is 4.39 Å². The van der Waals surface area contributed by atoms with Crippen molar-refractivity contribution in [2.75, 3.05) is 5.73 Å². The lowest BCUT2D eigenvalue weighted by atomic mass is 9.98. The Hall–Kier alpha value is -1.84.